The largest absolute Gasteiger partial charge is 0.497 e. The van der Waals surface area contributed by atoms with Gasteiger partial charge in [-0.15, -0.1) is 5.10 Å². The predicted octanol–water partition coefficient (Wildman–Crippen LogP) is 3.84. The van der Waals surface area contributed by atoms with E-state index in [0.29, 0.717) is 25.2 Å². The van der Waals surface area contributed by atoms with Gasteiger partial charge in [0.2, 0.25) is 0 Å². The van der Waals surface area contributed by atoms with Crippen molar-refractivity contribution in [3.63, 3.8) is 0 Å². The molecule has 3 aromatic rings. The Labute approximate surface area is 179 Å². The molecule has 0 bridgehead atoms. The van der Waals surface area contributed by atoms with Crippen LogP contribution in [0.5, 0.6) is 11.5 Å². The van der Waals surface area contributed by atoms with Crippen molar-refractivity contribution >= 4 is 11.6 Å². The molecule has 1 heterocycles. The standard InChI is InChI=1S/C22H24F2N4O3/c1-3-4-21(31-20-10-7-16(23)11-18(20)24)19(29)12-25-22-14-28(27-26-22)13-15-5-8-17(30-2)9-6-15/h5-11,14,21,25H,3-4,12-13H2,1-2H3. The monoisotopic (exact) mass is 430 g/mol. The lowest BCUT2D eigenvalue weighted by atomic mass is 10.1. The SMILES string of the molecule is CCCC(Oc1ccc(F)cc1F)C(=O)CNc1cn(Cc2ccc(OC)cc2)nn1. The number of carbonyl (C=O) groups is 1. The maximum atomic E-state index is 13.9. The van der Waals surface area contributed by atoms with Crippen LogP contribution in [0, 0.1) is 11.6 Å². The first-order valence-electron chi connectivity index (χ1n) is 9.90. The molecular weight excluding hydrogens is 406 g/mol. The normalized spacial score (nSPS) is 11.7. The molecule has 0 radical (unpaired) electrons. The van der Waals surface area contributed by atoms with Crippen LogP contribution in [0.25, 0.3) is 0 Å². The van der Waals surface area contributed by atoms with Gasteiger partial charge in [0.25, 0.3) is 0 Å². The Balaban J connectivity index is 1.56. The van der Waals surface area contributed by atoms with Crippen LogP contribution in [0.2, 0.25) is 0 Å². The first-order valence-corrected chi connectivity index (χ1v) is 9.90. The Morgan fingerprint density at radius 2 is 1.97 bits per heavy atom. The number of carbonyl (C=O) groups excluding carboxylic acids is 1. The first-order chi connectivity index (χ1) is 15.0. The third-order valence-electron chi connectivity index (χ3n) is 4.56. The van der Waals surface area contributed by atoms with E-state index < -0.39 is 17.7 Å². The van der Waals surface area contributed by atoms with Crippen molar-refractivity contribution in [2.75, 3.05) is 19.0 Å². The molecule has 7 nitrogen and oxygen atoms in total. The average molecular weight is 430 g/mol. The summed E-state index contributed by atoms with van der Waals surface area (Å²) in [5.74, 6) is -0.766. The van der Waals surface area contributed by atoms with Crippen molar-refractivity contribution < 1.29 is 23.0 Å². The van der Waals surface area contributed by atoms with E-state index in [1.807, 2.05) is 31.2 Å². The van der Waals surface area contributed by atoms with E-state index in [1.165, 1.54) is 6.07 Å². The van der Waals surface area contributed by atoms with Crippen LogP contribution < -0.4 is 14.8 Å². The molecule has 1 N–H and O–H groups in total. The zero-order chi connectivity index (χ0) is 22.2. The third kappa shape index (κ3) is 6.24. The van der Waals surface area contributed by atoms with E-state index in [0.717, 1.165) is 23.4 Å². The molecule has 3 rings (SSSR count). The smallest absolute Gasteiger partial charge is 0.192 e. The Hall–Kier alpha value is -3.49. The molecule has 1 atom stereocenters. The topological polar surface area (TPSA) is 78.3 Å². The number of ether oxygens (including phenoxy) is 2. The van der Waals surface area contributed by atoms with Gasteiger partial charge in [-0.05, 0) is 36.2 Å². The number of nitrogens with zero attached hydrogens (tertiary/aromatic N) is 3. The zero-order valence-corrected chi connectivity index (χ0v) is 17.3. The lowest BCUT2D eigenvalue weighted by molar-refractivity contribution is -0.124. The summed E-state index contributed by atoms with van der Waals surface area (Å²) in [6.45, 7) is 2.34. The second-order valence-electron chi connectivity index (χ2n) is 6.94. The lowest BCUT2D eigenvalue weighted by Gasteiger charge is -2.18. The van der Waals surface area contributed by atoms with Gasteiger partial charge < -0.3 is 14.8 Å². The number of nitrogens with one attached hydrogen (secondary N) is 1. The summed E-state index contributed by atoms with van der Waals surface area (Å²) >= 11 is 0. The van der Waals surface area contributed by atoms with Crippen molar-refractivity contribution in [2.45, 2.75) is 32.4 Å². The van der Waals surface area contributed by atoms with Crippen LogP contribution in [0.4, 0.5) is 14.6 Å². The third-order valence-corrected chi connectivity index (χ3v) is 4.56. The van der Waals surface area contributed by atoms with Gasteiger partial charge in [-0.25, -0.2) is 13.5 Å². The highest BCUT2D eigenvalue weighted by Gasteiger charge is 2.21. The van der Waals surface area contributed by atoms with Crippen LogP contribution in [0.3, 0.4) is 0 Å². The summed E-state index contributed by atoms with van der Waals surface area (Å²) in [6, 6.07) is 10.6. The summed E-state index contributed by atoms with van der Waals surface area (Å²) in [5.41, 5.74) is 1.02. The quantitative estimate of drug-likeness (QED) is 0.498. The van der Waals surface area contributed by atoms with Gasteiger partial charge in [0.15, 0.2) is 29.3 Å². The predicted molar refractivity (Wildman–Crippen MR) is 111 cm³/mol. The summed E-state index contributed by atoms with van der Waals surface area (Å²) in [4.78, 5) is 12.6. The van der Waals surface area contributed by atoms with Crippen LogP contribution >= 0.6 is 0 Å². The first kappa shape index (κ1) is 22.2. The number of aromatic nitrogens is 3. The van der Waals surface area contributed by atoms with Gasteiger partial charge in [-0.1, -0.05) is 30.7 Å². The van der Waals surface area contributed by atoms with E-state index in [-0.39, 0.29) is 18.1 Å². The minimum Gasteiger partial charge on any atom is -0.497 e. The molecular formula is C22H24F2N4O3. The molecule has 9 heteroatoms. The second-order valence-corrected chi connectivity index (χ2v) is 6.94. The van der Waals surface area contributed by atoms with E-state index in [4.69, 9.17) is 9.47 Å². The summed E-state index contributed by atoms with van der Waals surface area (Å²) < 4.78 is 39.2. The molecule has 0 aliphatic carbocycles. The van der Waals surface area contributed by atoms with Crippen molar-refractivity contribution in [2.24, 2.45) is 0 Å². The van der Waals surface area contributed by atoms with Crippen LogP contribution in [0.1, 0.15) is 25.3 Å². The summed E-state index contributed by atoms with van der Waals surface area (Å²) in [7, 11) is 1.61. The highest BCUT2D eigenvalue weighted by atomic mass is 19.1. The van der Waals surface area contributed by atoms with Crippen LogP contribution in [-0.2, 0) is 11.3 Å². The number of halogens is 2. The van der Waals surface area contributed by atoms with E-state index in [2.05, 4.69) is 15.6 Å². The Bertz CT molecular complexity index is 1010. The molecule has 1 unspecified atom stereocenters. The van der Waals surface area contributed by atoms with Crippen molar-refractivity contribution in [1.82, 2.24) is 15.0 Å². The van der Waals surface area contributed by atoms with Crippen LogP contribution in [0.15, 0.2) is 48.7 Å². The zero-order valence-electron chi connectivity index (χ0n) is 17.3. The molecule has 0 amide bonds. The maximum absolute atomic E-state index is 13.9. The van der Waals surface area contributed by atoms with E-state index in [1.54, 1.807) is 18.0 Å². The highest BCUT2D eigenvalue weighted by Crippen LogP contribution is 2.21. The Kier molecular flexibility index (Phi) is 7.53. The number of Topliss-reactive ketones (excluding diaryl/α,β-unsaturated/α-hetero) is 1. The molecule has 0 aliphatic rings. The molecule has 0 spiro atoms. The molecule has 0 aliphatic heterocycles. The second kappa shape index (κ2) is 10.5. The minimum atomic E-state index is -0.855. The fourth-order valence-corrected chi connectivity index (χ4v) is 2.94. The molecule has 164 valence electrons. The van der Waals surface area contributed by atoms with Gasteiger partial charge >= 0.3 is 0 Å². The average Bonchev–Trinajstić information content (AvgIpc) is 3.21. The van der Waals surface area contributed by atoms with Crippen molar-refractivity contribution in [3.05, 3.63) is 65.9 Å². The summed E-state index contributed by atoms with van der Waals surface area (Å²) in [6.07, 6.45) is 1.90. The molecule has 2 aromatic carbocycles. The number of rotatable bonds is 11. The number of hydrogen-bond donors (Lipinski definition) is 1. The lowest BCUT2D eigenvalue weighted by Crippen LogP contribution is -2.32. The number of hydrogen-bond acceptors (Lipinski definition) is 6. The minimum absolute atomic E-state index is 0.0608. The van der Waals surface area contributed by atoms with Gasteiger partial charge in [-0.3, -0.25) is 4.79 Å². The van der Waals surface area contributed by atoms with Gasteiger partial charge in [0.05, 0.1) is 26.4 Å². The Morgan fingerprint density at radius 1 is 1.19 bits per heavy atom. The molecule has 0 saturated heterocycles. The van der Waals surface area contributed by atoms with Gasteiger partial charge in [0.1, 0.15) is 11.6 Å². The van der Waals surface area contributed by atoms with E-state index in [9.17, 15) is 13.6 Å². The molecule has 0 saturated carbocycles. The maximum Gasteiger partial charge on any atom is 0.192 e. The van der Waals surface area contributed by atoms with Crippen molar-refractivity contribution in [3.8, 4) is 11.5 Å². The number of benzene rings is 2. The van der Waals surface area contributed by atoms with Crippen LogP contribution in [-0.4, -0.2) is 40.5 Å². The fourth-order valence-electron chi connectivity index (χ4n) is 2.94. The molecule has 0 fully saturated rings. The fraction of sp³-hybridized carbons (Fsp3) is 0.318. The number of ketones is 1. The highest BCUT2D eigenvalue weighted by molar-refractivity contribution is 5.87. The Morgan fingerprint density at radius 3 is 2.65 bits per heavy atom. The van der Waals surface area contributed by atoms with E-state index >= 15 is 0 Å². The van der Waals surface area contributed by atoms with Gasteiger partial charge in [-0.2, -0.15) is 0 Å². The van der Waals surface area contributed by atoms with Crippen molar-refractivity contribution in [1.29, 1.82) is 0 Å². The number of methoxy groups -OCH3 is 1. The van der Waals surface area contributed by atoms with Gasteiger partial charge in [0, 0.05) is 6.07 Å². The summed E-state index contributed by atoms with van der Waals surface area (Å²) in [5, 5.41) is 11.0. The number of anilines is 1. The molecule has 1 aromatic heterocycles. The molecule has 31 heavy (non-hydrogen) atoms.